The second-order valence-electron chi connectivity index (χ2n) is 7.77. The minimum Gasteiger partial charge on any atom is -1.00 e. The van der Waals surface area contributed by atoms with Crippen LogP contribution in [0.5, 0.6) is 0 Å². The Kier molecular flexibility index (Phi) is 7.66. The van der Waals surface area contributed by atoms with Crippen molar-refractivity contribution in [2.24, 2.45) is 5.92 Å². The molecule has 2 aliphatic carbocycles. The van der Waals surface area contributed by atoms with E-state index in [1.807, 2.05) is 0 Å². The molecule has 1 nitrogen and oxygen atoms in total. The molecule has 0 heterocycles. The molecule has 0 radical (unpaired) electrons. The van der Waals surface area contributed by atoms with Crippen LogP contribution in [0.4, 0.5) is 0 Å². The number of halogens is 2. The Balaban J connectivity index is 0.00000132. The van der Waals surface area contributed by atoms with Crippen LogP contribution in [0.2, 0.25) is 13.1 Å². The predicted octanol–water partition coefficient (Wildman–Crippen LogP) is -1.28. The molecule has 0 aromatic heterocycles. The van der Waals surface area contributed by atoms with Crippen LogP contribution in [-0.2, 0) is 16.9 Å². The average Bonchev–Trinajstić information content (AvgIpc) is 3.16. The number of rotatable bonds is 3. The normalized spacial score (nSPS) is 18.8. The summed E-state index contributed by atoms with van der Waals surface area (Å²) in [6.07, 6.45) is 5.14. The van der Waals surface area contributed by atoms with Crippen LogP contribution in [0, 0.1) is 5.92 Å². The second-order valence-corrected chi connectivity index (χ2v) is 19.3. The van der Waals surface area contributed by atoms with Crippen LogP contribution in [-0.4, -0.2) is 11.7 Å². The van der Waals surface area contributed by atoms with Crippen molar-refractivity contribution in [3.05, 3.63) is 41.0 Å². The van der Waals surface area contributed by atoms with Crippen molar-refractivity contribution in [1.29, 1.82) is 0 Å². The van der Waals surface area contributed by atoms with Crippen LogP contribution in [0.1, 0.15) is 49.0 Å². The minimum atomic E-state index is -1.34. The Hall–Kier alpha value is 0.431. The molecule has 23 heavy (non-hydrogen) atoms. The summed E-state index contributed by atoms with van der Waals surface area (Å²) < 4.78 is 4.90. The van der Waals surface area contributed by atoms with E-state index in [1.54, 1.807) is 11.1 Å². The molecule has 0 saturated heterocycles. The van der Waals surface area contributed by atoms with Crippen LogP contribution in [0.3, 0.4) is 0 Å². The number of benzene rings is 1. The van der Waals surface area contributed by atoms with Gasteiger partial charge in [0.1, 0.15) is 0 Å². The van der Waals surface area contributed by atoms with Crippen molar-refractivity contribution in [2.45, 2.75) is 56.5 Å². The van der Waals surface area contributed by atoms with Crippen molar-refractivity contribution in [2.75, 3.05) is 0 Å². The molecular formula is C18H27Cl2NSiTi. The van der Waals surface area contributed by atoms with Gasteiger partial charge < -0.3 is 24.8 Å². The van der Waals surface area contributed by atoms with Gasteiger partial charge in [-0.25, -0.2) is 0 Å². The minimum absolute atomic E-state index is 0. The third-order valence-electron chi connectivity index (χ3n) is 4.35. The zero-order chi connectivity index (χ0) is 15.2. The summed E-state index contributed by atoms with van der Waals surface area (Å²) >= 11 is -1.34. The van der Waals surface area contributed by atoms with E-state index in [9.17, 15) is 0 Å². The molecule has 0 amide bonds. The molecule has 0 bridgehead atoms. The quantitative estimate of drug-likeness (QED) is 0.619. The van der Waals surface area contributed by atoms with Gasteiger partial charge in [0.15, 0.2) is 0 Å². The first kappa shape index (κ1) is 21.5. The van der Waals surface area contributed by atoms with Gasteiger partial charge >= 0.3 is 136 Å². The van der Waals surface area contributed by atoms with Gasteiger partial charge in [0.05, 0.1) is 0 Å². The van der Waals surface area contributed by atoms with Crippen LogP contribution < -0.4 is 28.6 Å². The van der Waals surface area contributed by atoms with Crippen molar-refractivity contribution in [3.63, 3.8) is 0 Å². The summed E-state index contributed by atoms with van der Waals surface area (Å²) in [5, 5.41) is 0. The number of allylic oxidation sites excluding steroid dienone is 1. The van der Waals surface area contributed by atoms with Gasteiger partial charge in [-0.05, 0) is 0 Å². The first-order valence-electron chi connectivity index (χ1n) is 8.13. The predicted molar refractivity (Wildman–Crippen MR) is 90.3 cm³/mol. The molecule has 1 aromatic carbocycles. The molecule has 1 saturated carbocycles. The average molecular weight is 404 g/mol. The van der Waals surface area contributed by atoms with Gasteiger partial charge in [0.2, 0.25) is 0 Å². The number of hydrogen-bond donors (Lipinski definition) is 1. The van der Waals surface area contributed by atoms with Crippen molar-refractivity contribution in [1.82, 2.24) is 3.80 Å². The number of fused-ring (bicyclic) bond motifs is 1. The van der Waals surface area contributed by atoms with Crippen molar-refractivity contribution in [3.8, 4) is 0 Å². The van der Waals surface area contributed by atoms with E-state index in [1.165, 1.54) is 18.4 Å². The fraction of sp³-hybridized carbons (Fsp3) is 0.556. The summed E-state index contributed by atoms with van der Waals surface area (Å²) in [6.45, 7) is 12.1. The zero-order valence-corrected chi connectivity index (χ0v) is 18.8. The summed E-state index contributed by atoms with van der Waals surface area (Å²) in [7, 11) is 0. The van der Waals surface area contributed by atoms with Crippen LogP contribution in [0.15, 0.2) is 29.8 Å². The van der Waals surface area contributed by atoms with E-state index in [-0.39, 0.29) is 36.5 Å². The van der Waals surface area contributed by atoms with E-state index in [0.29, 0.717) is 0 Å². The SMILES string of the molecule is C[Si](C)=[Ti+2]([NH]C(C)(C)C)[CH]1C(C2CC2)=Cc2ccccc21.[Cl-].[Cl-]. The van der Waals surface area contributed by atoms with E-state index in [0.717, 1.165) is 10.1 Å². The molecule has 126 valence electrons. The first-order valence-corrected chi connectivity index (χ1v) is 14.7. The van der Waals surface area contributed by atoms with Crippen LogP contribution >= 0.6 is 0 Å². The molecule has 5 heteroatoms. The van der Waals surface area contributed by atoms with Gasteiger partial charge in [-0.2, -0.15) is 0 Å². The Morgan fingerprint density at radius 2 is 1.70 bits per heavy atom. The molecule has 1 atom stereocenters. The van der Waals surface area contributed by atoms with E-state index >= 15 is 0 Å². The number of nitrogens with one attached hydrogen (secondary N) is 1. The summed E-state index contributed by atoms with van der Waals surface area (Å²) in [5.41, 5.74) is 5.18. The first-order chi connectivity index (χ1) is 9.87. The molecule has 1 fully saturated rings. The Bertz CT molecular complexity index is 626. The molecule has 1 aromatic rings. The topological polar surface area (TPSA) is 12.0 Å². The Morgan fingerprint density at radius 1 is 1.09 bits per heavy atom. The maximum absolute atomic E-state index is 4.12. The number of hydrogen-bond acceptors (Lipinski definition) is 1. The molecule has 0 spiro atoms. The summed E-state index contributed by atoms with van der Waals surface area (Å²) in [4.78, 5) is 0. The maximum atomic E-state index is 4.12. The monoisotopic (exact) mass is 403 g/mol. The smallest absolute Gasteiger partial charge is 1.00 e. The molecule has 1 N–H and O–H groups in total. The zero-order valence-electron chi connectivity index (χ0n) is 14.7. The summed E-state index contributed by atoms with van der Waals surface area (Å²) in [6, 6.07) is 9.15. The van der Waals surface area contributed by atoms with Gasteiger partial charge in [0, 0.05) is 0 Å². The van der Waals surface area contributed by atoms with Gasteiger partial charge in [-0.15, -0.1) is 0 Å². The second kappa shape index (κ2) is 8.21. The van der Waals surface area contributed by atoms with Gasteiger partial charge in [0.25, 0.3) is 0 Å². The van der Waals surface area contributed by atoms with Crippen molar-refractivity contribution >= 4 is 12.3 Å². The standard InChI is InChI=1S/C12H11.C4H10N.C2H6Si.2ClH.Ti/c1-2-4-11-8-12(9-5-6-9)7-10(11)3-1;1-4(2,3)5;1-3-2;;;/h1-4,7-9H,5-6H2;5H,1-3H3;1-2H3;2*1H;/q;-1;;;;+3/p-2. The largest absolute Gasteiger partial charge is 1.00 e. The molecule has 1 unspecified atom stereocenters. The Labute approximate surface area is 160 Å². The van der Waals surface area contributed by atoms with Gasteiger partial charge in [-0.3, -0.25) is 0 Å². The molecular weight excluding hydrogens is 377 g/mol. The van der Waals surface area contributed by atoms with E-state index < -0.39 is 16.9 Å². The third-order valence-corrected chi connectivity index (χ3v) is 15.7. The third kappa shape index (κ3) is 4.96. The molecule has 3 rings (SSSR count). The maximum Gasteiger partial charge on any atom is -1.00 e. The Morgan fingerprint density at radius 3 is 2.22 bits per heavy atom. The van der Waals surface area contributed by atoms with Gasteiger partial charge in [-0.1, -0.05) is 0 Å². The molecule has 2 aliphatic rings. The summed E-state index contributed by atoms with van der Waals surface area (Å²) in [5.74, 6) is 0.896. The van der Waals surface area contributed by atoms with Crippen molar-refractivity contribution < 1.29 is 41.7 Å². The fourth-order valence-electron chi connectivity index (χ4n) is 3.33. The van der Waals surface area contributed by atoms with Crippen LogP contribution in [0.25, 0.3) is 6.08 Å². The van der Waals surface area contributed by atoms with E-state index in [2.05, 4.69) is 68.0 Å². The molecule has 0 aliphatic heterocycles. The van der Waals surface area contributed by atoms with E-state index in [4.69, 9.17) is 0 Å². The fourth-order valence-corrected chi connectivity index (χ4v) is 14.3.